The van der Waals surface area contributed by atoms with Crippen molar-refractivity contribution in [3.63, 3.8) is 0 Å². The van der Waals surface area contributed by atoms with Gasteiger partial charge >= 0.3 is 5.97 Å². The normalized spacial score (nSPS) is 10.5. The van der Waals surface area contributed by atoms with E-state index in [1.54, 1.807) is 25.4 Å². The van der Waals surface area contributed by atoms with E-state index in [-0.39, 0.29) is 5.76 Å². The van der Waals surface area contributed by atoms with Crippen molar-refractivity contribution >= 4 is 23.4 Å². The molecule has 0 amide bonds. The van der Waals surface area contributed by atoms with Gasteiger partial charge in [-0.2, -0.15) is 0 Å². The van der Waals surface area contributed by atoms with Crippen LogP contribution in [0.1, 0.15) is 21.9 Å². The van der Waals surface area contributed by atoms with Gasteiger partial charge in [0.15, 0.2) is 0 Å². The SMILES string of the molecule is Cc1oc(C(=O)O)cc1CSc1ccncc1N. The Balaban J connectivity index is 2.11. The number of hydrogen-bond acceptors (Lipinski definition) is 5. The Bertz CT molecular complexity index is 580. The minimum Gasteiger partial charge on any atom is -0.475 e. The number of nitrogen functional groups attached to an aromatic ring is 1. The Labute approximate surface area is 108 Å². The second kappa shape index (κ2) is 5.14. The third-order valence-corrected chi connectivity index (χ3v) is 3.56. The Kier molecular flexibility index (Phi) is 3.57. The van der Waals surface area contributed by atoms with Crippen LogP contribution in [-0.2, 0) is 5.75 Å². The van der Waals surface area contributed by atoms with Gasteiger partial charge in [-0.3, -0.25) is 4.98 Å². The molecule has 2 rings (SSSR count). The van der Waals surface area contributed by atoms with E-state index in [9.17, 15) is 4.79 Å². The highest BCUT2D eigenvalue weighted by Gasteiger charge is 2.13. The predicted octanol–water partition coefficient (Wildman–Crippen LogP) is 2.56. The number of nitrogens with zero attached hydrogens (tertiary/aromatic N) is 1. The molecule has 0 aromatic carbocycles. The Hall–Kier alpha value is -1.95. The molecule has 0 aliphatic rings. The number of rotatable bonds is 4. The number of hydrogen-bond donors (Lipinski definition) is 2. The average molecular weight is 264 g/mol. The highest BCUT2D eigenvalue weighted by molar-refractivity contribution is 7.98. The van der Waals surface area contributed by atoms with E-state index >= 15 is 0 Å². The van der Waals surface area contributed by atoms with Gasteiger partial charge in [0.25, 0.3) is 0 Å². The summed E-state index contributed by atoms with van der Waals surface area (Å²) in [4.78, 5) is 15.6. The molecule has 0 spiro atoms. The van der Waals surface area contributed by atoms with Gasteiger partial charge in [0, 0.05) is 22.4 Å². The number of thioether (sulfide) groups is 1. The molecule has 3 N–H and O–H groups in total. The first kappa shape index (κ1) is 12.5. The monoisotopic (exact) mass is 264 g/mol. The Morgan fingerprint density at radius 1 is 1.61 bits per heavy atom. The lowest BCUT2D eigenvalue weighted by atomic mass is 10.3. The lowest BCUT2D eigenvalue weighted by Gasteiger charge is -2.03. The van der Waals surface area contributed by atoms with Gasteiger partial charge in [0.2, 0.25) is 5.76 Å². The number of aryl methyl sites for hydroxylation is 1. The highest BCUT2D eigenvalue weighted by atomic mass is 32.2. The maximum absolute atomic E-state index is 10.8. The van der Waals surface area contributed by atoms with Crippen LogP contribution in [0.4, 0.5) is 5.69 Å². The zero-order chi connectivity index (χ0) is 13.1. The summed E-state index contributed by atoms with van der Waals surface area (Å²) in [6.07, 6.45) is 3.26. The molecule has 2 heterocycles. The molecular weight excluding hydrogens is 252 g/mol. The summed E-state index contributed by atoms with van der Waals surface area (Å²) in [6.45, 7) is 1.75. The molecule has 0 aliphatic carbocycles. The first-order chi connectivity index (χ1) is 8.58. The Morgan fingerprint density at radius 2 is 2.39 bits per heavy atom. The molecule has 0 saturated heterocycles. The van der Waals surface area contributed by atoms with E-state index < -0.39 is 5.97 Å². The minimum absolute atomic E-state index is 0.0363. The lowest BCUT2D eigenvalue weighted by Crippen LogP contribution is -1.92. The van der Waals surface area contributed by atoms with E-state index in [4.69, 9.17) is 15.3 Å². The van der Waals surface area contributed by atoms with Gasteiger partial charge in [0.05, 0.1) is 11.9 Å². The number of aromatic nitrogens is 1. The van der Waals surface area contributed by atoms with Crippen molar-refractivity contribution in [2.75, 3.05) is 5.73 Å². The molecule has 5 nitrogen and oxygen atoms in total. The van der Waals surface area contributed by atoms with Gasteiger partial charge in [-0.25, -0.2) is 4.79 Å². The fourth-order valence-electron chi connectivity index (χ4n) is 1.45. The number of carboxylic acid groups (broad SMARTS) is 1. The predicted molar refractivity (Wildman–Crippen MR) is 68.6 cm³/mol. The smallest absolute Gasteiger partial charge is 0.371 e. The van der Waals surface area contributed by atoms with Crippen molar-refractivity contribution in [3.05, 3.63) is 41.6 Å². The summed E-state index contributed by atoms with van der Waals surface area (Å²) in [5.41, 5.74) is 7.24. The van der Waals surface area contributed by atoms with E-state index in [0.29, 0.717) is 17.2 Å². The van der Waals surface area contributed by atoms with Crippen LogP contribution in [0.5, 0.6) is 0 Å². The fourth-order valence-corrected chi connectivity index (χ4v) is 2.42. The van der Waals surface area contributed by atoms with E-state index in [1.807, 2.05) is 6.07 Å². The third kappa shape index (κ3) is 2.65. The standard InChI is InChI=1S/C12H12N2O3S/c1-7-8(4-10(17-7)12(15)16)6-18-11-2-3-14-5-9(11)13/h2-5H,6,13H2,1H3,(H,15,16). The number of carbonyl (C=O) groups is 1. The summed E-state index contributed by atoms with van der Waals surface area (Å²) in [5, 5.41) is 8.82. The number of anilines is 1. The molecule has 0 fully saturated rings. The van der Waals surface area contributed by atoms with Crippen LogP contribution in [-0.4, -0.2) is 16.1 Å². The molecule has 0 bridgehead atoms. The molecule has 0 aliphatic heterocycles. The quantitative estimate of drug-likeness (QED) is 0.825. The van der Waals surface area contributed by atoms with Crippen molar-refractivity contribution in [3.8, 4) is 0 Å². The average Bonchev–Trinajstić information content (AvgIpc) is 2.70. The topological polar surface area (TPSA) is 89.3 Å². The van der Waals surface area contributed by atoms with Crippen LogP contribution in [0.15, 0.2) is 33.8 Å². The molecule has 2 aromatic rings. The molecular formula is C12H12N2O3S. The van der Waals surface area contributed by atoms with E-state index in [2.05, 4.69) is 4.98 Å². The molecule has 0 unspecified atom stereocenters. The summed E-state index contributed by atoms with van der Waals surface area (Å²) in [5.74, 6) is 0.132. The maximum atomic E-state index is 10.8. The number of pyridine rings is 1. The summed E-state index contributed by atoms with van der Waals surface area (Å²) >= 11 is 1.52. The molecule has 94 valence electrons. The highest BCUT2D eigenvalue weighted by Crippen LogP contribution is 2.29. The van der Waals surface area contributed by atoms with Crippen molar-refractivity contribution in [1.29, 1.82) is 0 Å². The maximum Gasteiger partial charge on any atom is 0.371 e. The van der Waals surface area contributed by atoms with Crippen molar-refractivity contribution in [2.45, 2.75) is 17.6 Å². The summed E-state index contributed by atoms with van der Waals surface area (Å²) < 4.78 is 5.14. The van der Waals surface area contributed by atoms with Crippen molar-refractivity contribution in [2.24, 2.45) is 0 Å². The first-order valence-electron chi connectivity index (χ1n) is 5.23. The molecule has 0 atom stereocenters. The van der Waals surface area contributed by atoms with Gasteiger partial charge in [0.1, 0.15) is 5.76 Å². The molecule has 2 aromatic heterocycles. The van der Waals surface area contributed by atoms with Gasteiger partial charge in [-0.1, -0.05) is 0 Å². The van der Waals surface area contributed by atoms with Gasteiger partial charge in [-0.15, -0.1) is 11.8 Å². The first-order valence-corrected chi connectivity index (χ1v) is 6.21. The number of carboxylic acids is 1. The summed E-state index contributed by atoms with van der Waals surface area (Å²) in [7, 11) is 0. The molecule has 0 saturated carbocycles. The zero-order valence-electron chi connectivity index (χ0n) is 9.71. The number of nitrogens with two attached hydrogens (primary N) is 1. The van der Waals surface area contributed by atoms with Crippen LogP contribution in [0.3, 0.4) is 0 Å². The number of furan rings is 1. The second-order valence-electron chi connectivity index (χ2n) is 3.70. The van der Waals surface area contributed by atoms with Crippen LogP contribution >= 0.6 is 11.8 Å². The molecule has 0 radical (unpaired) electrons. The minimum atomic E-state index is -1.06. The van der Waals surface area contributed by atoms with Crippen molar-refractivity contribution in [1.82, 2.24) is 4.98 Å². The zero-order valence-corrected chi connectivity index (χ0v) is 10.5. The van der Waals surface area contributed by atoms with Crippen LogP contribution in [0, 0.1) is 6.92 Å². The second-order valence-corrected chi connectivity index (χ2v) is 4.72. The molecule has 18 heavy (non-hydrogen) atoms. The fraction of sp³-hybridized carbons (Fsp3) is 0.167. The molecule has 6 heteroatoms. The van der Waals surface area contributed by atoms with Crippen LogP contribution < -0.4 is 5.73 Å². The van der Waals surface area contributed by atoms with Crippen LogP contribution in [0.2, 0.25) is 0 Å². The van der Waals surface area contributed by atoms with Crippen LogP contribution in [0.25, 0.3) is 0 Å². The van der Waals surface area contributed by atoms with E-state index in [1.165, 1.54) is 11.8 Å². The lowest BCUT2D eigenvalue weighted by molar-refractivity contribution is 0.0661. The number of aromatic carboxylic acids is 1. The van der Waals surface area contributed by atoms with Gasteiger partial charge in [-0.05, 0) is 19.1 Å². The van der Waals surface area contributed by atoms with Crippen molar-refractivity contribution < 1.29 is 14.3 Å². The summed E-state index contributed by atoms with van der Waals surface area (Å²) in [6, 6.07) is 3.37. The third-order valence-electron chi connectivity index (χ3n) is 2.42. The Morgan fingerprint density at radius 3 is 3.00 bits per heavy atom. The largest absolute Gasteiger partial charge is 0.475 e. The van der Waals surface area contributed by atoms with Gasteiger partial charge < -0.3 is 15.3 Å². The van der Waals surface area contributed by atoms with E-state index in [0.717, 1.165) is 10.5 Å².